The van der Waals surface area contributed by atoms with Crippen molar-refractivity contribution < 1.29 is 18.4 Å². The highest BCUT2D eigenvalue weighted by Gasteiger charge is 2.43. The number of hydrogen-bond acceptors (Lipinski definition) is 4. The molecule has 0 radical (unpaired) electrons. The van der Waals surface area contributed by atoms with Gasteiger partial charge in [0.2, 0.25) is 0 Å². The highest BCUT2D eigenvalue weighted by molar-refractivity contribution is 6.06. The summed E-state index contributed by atoms with van der Waals surface area (Å²) in [5.41, 5.74) is 6.89. The number of nitrogens with one attached hydrogen (secondary N) is 2. The summed E-state index contributed by atoms with van der Waals surface area (Å²) in [6.07, 6.45) is 0.623. The average Bonchev–Trinajstić information content (AvgIpc) is 2.88. The van der Waals surface area contributed by atoms with Gasteiger partial charge in [-0.1, -0.05) is 38.1 Å². The van der Waals surface area contributed by atoms with Gasteiger partial charge in [0.15, 0.2) is 5.96 Å². The smallest absolute Gasteiger partial charge is 0.319 e. The predicted octanol–water partition coefficient (Wildman–Crippen LogP) is 3.75. The lowest BCUT2D eigenvalue weighted by molar-refractivity contribution is -0.131. The fourth-order valence-electron chi connectivity index (χ4n) is 3.77. The van der Waals surface area contributed by atoms with Crippen molar-refractivity contribution >= 4 is 23.6 Å². The molecular formula is C23H27F2N5O2. The van der Waals surface area contributed by atoms with Crippen LogP contribution in [0.25, 0.3) is 0 Å². The van der Waals surface area contributed by atoms with Gasteiger partial charge in [0.25, 0.3) is 5.91 Å². The van der Waals surface area contributed by atoms with E-state index in [1.165, 1.54) is 4.90 Å². The van der Waals surface area contributed by atoms with Crippen LogP contribution in [0.2, 0.25) is 0 Å². The highest BCUT2D eigenvalue weighted by Crippen LogP contribution is 2.29. The zero-order chi connectivity index (χ0) is 23.5. The first-order valence-electron chi connectivity index (χ1n) is 10.3. The summed E-state index contributed by atoms with van der Waals surface area (Å²) in [5.74, 6) is -1.14. The molecule has 7 nitrogen and oxygen atoms in total. The van der Waals surface area contributed by atoms with E-state index in [1.54, 1.807) is 6.92 Å². The molecule has 4 N–H and O–H groups in total. The molecule has 170 valence electrons. The molecule has 2 aromatic carbocycles. The topological polar surface area (TPSA) is 99.8 Å². The van der Waals surface area contributed by atoms with Gasteiger partial charge < -0.3 is 16.4 Å². The molecule has 3 amide bonds. The Morgan fingerprint density at radius 2 is 1.72 bits per heavy atom. The van der Waals surface area contributed by atoms with Crippen LogP contribution < -0.4 is 16.4 Å². The Morgan fingerprint density at radius 1 is 1.12 bits per heavy atom. The first-order chi connectivity index (χ1) is 15.1. The van der Waals surface area contributed by atoms with E-state index in [2.05, 4.69) is 15.6 Å². The van der Waals surface area contributed by atoms with E-state index in [4.69, 9.17) is 5.73 Å². The lowest BCUT2D eigenvalue weighted by atomic mass is 9.91. The third-order valence-corrected chi connectivity index (χ3v) is 5.09. The largest absolute Gasteiger partial charge is 0.369 e. The number of hydrogen-bond donors (Lipinski definition) is 3. The molecule has 3 rings (SSSR count). The standard InChI is InChI=1S/C23H27F2N5O2/c1-14(2)11-23(3)20(31)30(21(26)29-23)13-16-6-4-15(5-7-16)12-27-22(32)28-19-9-17(24)8-18(25)10-19/h4-10,14H,11-13H2,1-3H3,(H2,26,29)(H2,27,28,32). The van der Waals surface area contributed by atoms with E-state index in [0.717, 1.165) is 29.3 Å². The number of urea groups is 1. The van der Waals surface area contributed by atoms with E-state index in [-0.39, 0.29) is 24.1 Å². The van der Waals surface area contributed by atoms with Gasteiger partial charge in [0, 0.05) is 18.3 Å². The van der Waals surface area contributed by atoms with Crippen LogP contribution in [-0.4, -0.2) is 28.3 Å². The Balaban J connectivity index is 1.54. The molecule has 0 spiro atoms. The third-order valence-electron chi connectivity index (χ3n) is 5.09. The lowest BCUT2D eigenvalue weighted by Gasteiger charge is -2.23. The van der Waals surface area contributed by atoms with Crippen LogP contribution in [-0.2, 0) is 17.9 Å². The maximum absolute atomic E-state index is 13.2. The molecule has 1 aliphatic heterocycles. The first kappa shape index (κ1) is 23.2. The van der Waals surface area contributed by atoms with Crippen molar-refractivity contribution in [3.8, 4) is 0 Å². The molecule has 32 heavy (non-hydrogen) atoms. The SMILES string of the molecule is CC(C)CC1(C)N=C(N)N(Cc2ccc(CNC(=O)Nc3cc(F)cc(F)c3)cc2)C1=O. The number of aliphatic imine (C=N–C) groups is 1. The molecule has 1 heterocycles. The average molecular weight is 443 g/mol. The van der Waals surface area contributed by atoms with Crippen molar-refractivity contribution in [2.45, 2.75) is 45.8 Å². The van der Waals surface area contributed by atoms with Crippen LogP contribution >= 0.6 is 0 Å². The quantitative estimate of drug-likeness (QED) is 0.608. The fraction of sp³-hybridized carbons (Fsp3) is 0.348. The van der Waals surface area contributed by atoms with Crippen LogP contribution in [0.3, 0.4) is 0 Å². The number of anilines is 1. The molecule has 1 atom stereocenters. The summed E-state index contributed by atoms with van der Waals surface area (Å²) in [4.78, 5) is 30.7. The molecule has 0 aromatic heterocycles. The molecule has 0 fully saturated rings. The van der Waals surface area contributed by atoms with E-state index < -0.39 is 23.2 Å². The number of nitrogens with two attached hydrogens (primary N) is 1. The fourth-order valence-corrected chi connectivity index (χ4v) is 3.77. The lowest BCUT2D eigenvalue weighted by Crippen LogP contribution is -2.43. The van der Waals surface area contributed by atoms with Gasteiger partial charge in [-0.2, -0.15) is 0 Å². The number of benzene rings is 2. The molecule has 0 aliphatic carbocycles. The summed E-state index contributed by atoms with van der Waals surface area (Å²) in [7, 11) is 0. The van der Waals surface area contributed by atoms with E-state index >= 15 is 0 Å². The summed E-state index contributed by atoms with van der Waals surface area (Å²) < 4.78 is 26.4. The van der Waals surface area contributed by atoms with Gasteiger partial charge in [-0.25, -0.2) is 18.6 Å². The van der Waals surface area contributed by atoms with Crippen LogP contribution in [0.4, 0.5) is 19.3 Å². The second-order valence-electron chi connectivity index (χ2n) is 8.52. The van der Waals surface area contributed by atoms with Gasteiger partial charge in [0.1, 0.15) is 17.2 Å². The van der Waals surface area contributed by atoms with Crippen LogP contribution in [0.15, 0.2) is 47.5 Å². The molecule has 0 saturated heterocycles. The molecule has 1 aliphatic rings. The van der Waals surface area contributed by atoms with Crippen LogP contribution in [0.1, 0.15) is 38.3 Å². The van der Waals surface area contributed by atoms with Gasteiger partial charge in [-0.3, -0.25) is 9.69 Å². The Labute approximate surface area is 185 Å². The molecule has 1 unspecified atom stereocenters. The van der Waals surface area contributed by atoms with Gasteiger partial charge in [0.05, 0.1) is 6.54 Å². The Morgan fingerprint density at radius 3 is 2.31 bits per heavy atom. The predicted molar refractivity (Wildman–Crippen MR) is 119 cm³/mol. The number of rotatable bonds is 7. The summed E-state index contributed by atoms with van der Waals surface area (Å²) in [6, 6.07) is 9.51. The van der Waals surface area contributed by atoms with Gasteiger partial charge >= 0.3 is 6.03 Å². The molecule has 0 bridgehead atoms. The van der Waals surface area contributed by atoms with Crippen molar-refractivity contribution in [3.05, 3.63) is 65.2 Å². The number of amides is 3. The third kappa shape index (κ3) is 5.60. The van der Waals surface area contributed by atoms with Gasteiger partial charge in [-0.15, -0.1) is 0 Å². The highest BCUT2D eigenvalue weighted by atomic mass is 19.1. The summed E-state index contributed by atoms with van der Waals surface area (Å²) >= 11 is 0. The minimum atomic E-state index is -0.833. The van der Waals surface area contributed by atoms with Gasteiger partial charge in [-0.05, 0) is 42.5 Å². The zero-order valence-electron chi connectivity index (χ0n) is 18.3. The van der Waals surface area contributed by atoms with Crippen LogP contribution in [0.5, 0.6) is 0 Å². The van der Waals surface area contributed by atoms with Crippen molar-refractivity contribution in [1.29, 1.82) is 0 Å². The number of nitrogens with zero attached hydrogens (tertiary/aromatic N) is 2. The number of carbonyl (C=O) groups excluding carboxylic acids is 2. The minimum Gasteiger partial charge on any atom is -0.369 e. The Hall–Kier alpha value is -3.49. The van der Waals surface area contributed by atoms with E-state index in [0.29, 0.717) is 18.9 Å². The van der Waals surface area contributed by atoms with Crippen molar-refractivity contribution in [3.63, 3.8) is 0 Å². The van der Waals surface area contributed by atoms with Crippen LogP contribution in [0, 0.1) is 17.6 Å². The molecular weight excluding hydrogens is 416 g/mol. The molecule has 2 aromatic rings. The molecule has 0 saturated carbocycles. The van der Waals surface area contributed by atoms with Crippen molar-refractivity contribution in [1.82, 2.24) is 10.2 Å². The zero-order valence-corrected chi connectivity index (χ0v) is 18.3. The maximum Gasteiger partial charge on any atom is 0.319 e. The second-order valence-corrected chi connectivity index (χ2v) is 8.52. The van der Waals surface area contributed by atoms with Crippen molar-refractivity contribution in [2.24, 2.45) is 16.6 Å². The number of guanidine groups is 1. The Kier molecular flexibility index (Phi) is 6.76. The van der Waals surface area contributed by atoms with E-state index in [1.807, 2.05) is 38.1 Å². The second kappa shape index (κ2) is 9.33. The number of carbonyl (C=O) groups is 2. The molecule has 9 heteroatoms. The monoisotopic (exact) mass is 443 g/mol. The summed E-state index contributed by atoms with van der Waals surface area (Å²) in [6.45, 7) is 6.40. The van der Waals surface area contributed by atoms with Crippen molar-refractivity contribution in [2.75, 3.05) is 5.32 Å². The maximum atomic E-state index is 13.2. The van der Waals surface area contributed by atoms with E-state index in [9.17, 15) is 18.4 Å². The first-order valence-corrected chi connectivity index (χ1v) is 10.3. The number of halogens is 2. The Bertz CT molecular complexity index is 1020. The minimum absolute atomic E-state index is 0.0225. The summed E-state index contributed by atoms with van der Waals surface area (Å²) in [5, 5.41) is 5.01. The normalized spacial score (nSPS) is 18.1.